The van der Waals surface area contributed by atoms with Crippen molar-refractivity contribution in [2.45, 2.75) is 32.7 Å². The van der Waals surface area contributed by atoms with Crippen LogP contribution in [0, 0.1) is 13.8 Å². The molecule has 2 aromatic heterocycles. The summed E-state index contributed by atoms with van der Waals surface area (Å²) in [5.41, 5.74) is 1.97. The maximum Gasteiger partial charge on any atom is 0.334 e. The number of aryl methyl sites for hydroxylation is 3. The predicted octanol–water partition coefficient (Wildman–Crippen LogP) is 2.07. The number of likely N-dealkylation sites (tertiary alicyclic amines) is 1. The van der Waals surface area contributed by atoms with Gasteiger partial charge in [-0.25, -0.2) is 13.8 Å². The summed E-state index contributed by atoms with van der Waals surface area (Å²) in [6.45, 7) is 5.25. The summed E-state index contributed by atoms with van der Waals surface area (Å²) in [5.74, 6) is 0. The smallest absolute Gasteiger partial charge is 0.306 e. The Kier molecular flexibility index (Phi) is 5.96. The zero-order valence-corrected chi connectivity index (χ0v) is 18.1. The molecule has 2 N–H and O–H groups in total. The molecule has 1 aliphatic rings. The molecule has 1 aliphatic heterocycles. The Balaban J connectivity index is 1.84. The van der Waals surface area contributed by atoms with Crippen LogP contribution in [-0.2, 0) is 17.3 Å². The fraction of sp³-hybridized carbons (Fsp3) is 0.529. The third kappa shape index (κ3) is 4.47. The van der Waals surface area contributed by atoms with Crippen LogP contribution in [0.1, 0.15) is 23.3 Å². The fourth-order valence-corrected chi connectivity index (χ4v) is 5.58. The van der Waals surface area contributed by atoms with Crippen molar-refractivity contribution >= 4 is 39.0 Å². The first-order chi connectivity index (χ1) is 13.2. The van der Waals surface area contributed by atoms with Crippen molar-refractivity contribution in [3.05, 3.63) is 28.2 Å². The largest absolute Gasteiger partial charge is 0.334 e. The topological polar surface area (TPSA) is 99.6 Å². The van der Waals surface area contributed by atoms with Crippen molar-refractivity contribution in [2.24, 2.45) is 7.05 Å². The van der Waals surface area contributed by atoms with E-state index in [0.717, 1.165) is 23.4 Å². The molecule has 1 atom stereocenters. The van der Waals surface area contributed by atoms with Gasteiger partial charge >= 0.3 is 16.2 Å². The number of carbonyl (C=O) groups is 1. The normalized spacial score (nSPS) is 18.1. The quantitative estimate of drug-likeness (QED) is 0.762. The van der Waals surface area contributed by atoms with Crippen LogP contribution >= 0.6 is 11.3 Å². The molecule has 0 spiro atoms. The van der Waals surface area contributed by atoms with E-state index in [2.05, 4.69) is 20.0 Å². The van der Waals surface area contributed by atoms with Gasteiger partial charge in [0, 0.05) is 24.7 Å². The van der Waals surface area contributed by atoms with Crippen molar-refractivity contribution in [3.63, 3.8) is 0 Å². The molecule has 9 nitrogen and oxygen atoms in total. The second-order valence-electron chi connectivity index (χ2n) is 7.14. The number of amides is 2. The van der Waals surface area contributed by atoms with E-state index in [4.69, 9.17) is 0 Å². The minimum Gasteiger partial charge on any atom is -0.306 e. The van der Waals surface area contributed by atoms with E-state index >= 15 is 0 Å². The van der Waals surface area contributed by atoms with Gasteiger partial charge in [-0.1, -0.05) is 0 Å². The molecule has 0 bridgehead atoms. The van der Waals surface area contributed by atoms with Crippen molar-refractivity contribution < 1.29 is 13.2 Å². The molecule has 1 fully saturated rings. The summed E-state index contributed by atoms with van der Waals surface area (Å²) in [7, 11) is -0.432. The average Bonchev–Trinajstić information content (AvgIpc) is 3.15. The van der Waals surface area contributed by atoms with Gasteiger partial charge < -0.3 is 10.2 Å². The van der Waals surface area contributed by atoms with Crippen molar-refractivity contribution in [1.82, 2.24) is 19.4 Å². The third-order valence-electron chi connectivity index (χ3n) is 4.76. The highest BCUT2D eigenvalue weighted by Gasteiger charge is 2.34. The minimum atomic E-state index is -4.12. The molecule has 154 valence electrons. The van der Waals surface area contributed by atoms with Crippen LogP contribution in [0.25, 0.3) is 0 Å². The molecule has 11 heteroatoms. The van der Waals surface area contributed by atoms with Crippen LogP contribution in [0.2, 0.25) is 0 Å². The Morgan fingerprint density at radius 1 is 1.36 bits per heavy atom. The van der Waals surface area contributed by atoms with Crippen LogP contribution in [0.3, 0.4) is 0 Å². The number of carbonyl (C=O) groups excluding carboxylic acids is 1. The number of nitrogens with zero attached hydrogens (tertiary/aromatic N) is 4. The molecule has 1 unspecified atom stereocenters. The number of rotatable bonds is 5. The fourth-order valence-electron chi connectivity index (χ4n) is 3.46. The Morgan fingerprint density at radius 3 is 2.68 bits per heavy atom. The lowest BCUT2D eigenvalue weighted by Crippen LogP contribution is -2.54. The molecule has 3 rings (SSSR count). The lowest BCUT2D eigenvalue weighted by Gasteiger charge is -2.37. The summed E-state index contributed by atoms with van der Waals surface area (Å²) in [6.07, 6.45) is 4.73. The van der Waals surface area contributed by atoms with Crippen molar-refractivity contribution in [2.75, 3.05) is 29.8 Å². The van der Waals surface area contributed by atoms with Gasteiger partial charge in [-0.2, -0.15) is 13.5 Å². The molecule has 3 heterocycles. The molecule has 0 saturated carbocycles. The average molecular weight is 427 g/mol. The van der Waals surface area contributed by atoms with Crippen molar-refractivity contribution in [1.29, 1.82) is 0 Å². The van der Waals surface area contributed by atoms with Crippen LogP contribution in [-0.4, -0.2) is 55.3 Å². The number of aromatic nitrogens is 2. The number of likely N-dealkylation sites (N-methyl/N-ethyl adjacent to an activating group) is 1. The highest BCUT2D eigenvalue weighted by Crippen LogP contribution is 2.27. The SMILES string of the molecule is Cc1csc(C)c1NC(=O)NS(=O)(=O)N(c1cnn(C)c1)C1CCCN(C)C1. The lowest BCUT2D eigenvalue weighted by molar-refractivity contribution is 0.251. The van der Waals surface area contributed by atoms with E-state index in [1.54, 1.807) is 17.9 Å². The first-order valence-corrected chi connectivity index (χ1v) is 11.3. The van der Waals surface area contributed by atoms with Crippen LogP contribution in [0.5, 0.6) is 0 Å². The van der Waals surface area contributed by atoms with Crippen molar-refractivity contribution in [3.8, 4) is 0 Å². The van der Waals surface area contributed by atoms with Gasteiger partial charge in [0.25, 0.3) is 0 Å². The molecule has 0 aromatic carbocycles. The number of nitrogens with one attached hydrogen (secondary N) is 2. The second kappa shape index (κ2) is 8.10. The molecular formula is C17H26N6O3S2. The molecule has 2 aromatic rings. The highest BCUT2D eigenvalue weighted by molar-refractivity contribution is 7.91. The lowest BCUT2D eigenvalue weighted by atomic mass is 10.1. The van der Waals surface area contributed by atoms with E-state index in [9.17, 15) is 13.2 Å². The predicted molar refractivity (Wildman–Crippen MR) is 111 cm³/mol. The second-order valence-corrected chi connectivity index (χ2v) is 9.77. The van der Waals surface area contributed by atoms with Crippen LogP contribution in [0.15, 0.2) is 17.8 Å². The number of hydrogen-bond acceptors (Lipinski definition) is 6. The maximum atomic E-state index is 13.2. The number of piperidine rings is 1. The standard InChI is InChI=1S/C17H26N6O3S2/c1-12-11-27-13(2)16(12)19-17(24)20-28(25,26)23(15-8-18-22(4)10-15)14-6-5-7-21(3)9-14/h8,10-11,14H,5-7,9H2,1-4H3,(H2,19,20,24). The minimum absolute atomic E-state index is 0.280. The summed E-state index contributed by atoms with van der Waals surface area (Å²) in [6, 6.07) is -1.06. The van der Waals surface area contributed by atoms with E-state index in [-0.39, 0.29) is 6.04 Å². The summed E-state index contributed by atoms with van der Waals surface area (Å²) in [5, 5.41) is 8.68. The molecule has 1 saturated heterocycles. The number of hydrogen-bond donors (Lipinski definition) is 2. The van der Waals surface area contributed by atoms with E-state index in [1.165, 1.54) is 21.8 Å². The van der Waals surface area contributed by atoms with Crippen LogP contribution < -0.4 is 14.3 Å². The molecule has 2 amide bonds. The Bertz CT molecular complexity index is 933. The summed E-state index contributed by atoms with van der Waals surface area (Å²) < 4.78 is 31.3. The zero-order chi connectivity index (χ0) is 20.5. The summed E-state index contributed by atoms with van der Waals surface area (Å²) in [4.78, 5) is 15.5. The van der Waals surface area contributed by atoms with Gasteiger partial charge in [-0.05, 0) is 51.2 Å². The van der Waals surface area contributed by atoms with Crippen LogP contribution in [0.4, 0.5) is 16.2 Å². The van der Waals surface area contributed by atoms with E-state index in [0.29, 0.717) is 24.3 Å². The Labute approximate surface area is 169 Å². The monoisotopic (exact) mass is 426 g/mol. The van der Waals surface area contributed by atoms with Gasteiger partial charge in [-0.3, -0.25) is 4.68 Å². The zero-order valence-electron chi connectivity index (χ0n) is 16.5. The van der Waals surface area contributed by atoms with Gasteiger partial charge in [0.1, 0.15) is 0 Å². The molecule has 28 heavy (non-hydrogen) atoms. The third-order valence-corrected chi connectivity index (χ3v) is 7.25. The number of thiophene rings is 1. The number of urea groups is 1. The Morgan fingerprint density at radius 2 is 2.11 bits per heavy atom. The van der Waals surface area contributed by atoms with Gasteiger partial charge in [0.15, 0.2) is 0 Å². The first kappa shape index (κ1) is 20.6. The van der Waals surface area contributed by atoms with Gasteiger partial charge in [-0.15, -0.1) is 11.3 Å². The van der Waals surface area contributed by atoms with Gasteiger partial charge in [0.2, 0.25) is 0 Å². The molecule has 0 aliphatic carbocycles. The Hall–Kier alpha value is -2.11. The van der Waals surface area contributed by atoms with Gasteiger partial charge in [0.05, 0.1) is 23.6 Å². The molecular weight excluding hydrogens is 400 g/mol. The first-order valence-electron chi connectivity index (χ1n) is 9.02. The van der Waals surface area contributed by atoms with E-state index < -0.39 is 16.2 Å². The maximum absolute atomic E-state index is 13.2. The number of anilines is 2. The van der Waals surface area contributed by atoms with E-state index in [1.807, 2.05) is 26.3 Å². The summed E-state index contributed by atoms with van der Waals surface area (Å²) >= 11 is 1.50. The molecule has 0 radical (unpaired) electrons. The highest BCUT2D eigenvalue weighted by atomic mass is 32.2.